The maximum Gasteiger partial charge on any atom is 0.339 e. The monoisotopic (exact) mass is 258 g/mol. The Kier molecular flexibility index (Phi) is 2.45. The smallest absolute Gasteiger partial charge is 0.339 e. The highest BCUT2D eigenvalue weighted by molar-refractivity contribution is 5.92. The molecule has 0 amide bonds. The first-order valence-corrected chi connectivity index (χ1v) is 5.36. The van der Waals surface area contributed by atoms with Crippen LogP contribution in [0.5, 0.6) is 0 Å². The van der Waals surface area contributed by atoms with E-state index in [-0.39, 0.29) is 11.4 Å². The van der Waals surface area contributed by atoms with E-state index >= 15 is 0 Å². The van der Waals surface area contributed by atoms with Gasteiger partial charge in [-0.15, -0.1) is 5.10 Å². The quantitative estimate of drug-likeness (QED) is 0.755. The van der Waals surface area contributed by atoms with Crippen LogP contribution in [0.1, 0.15) is 10.4 Å². The van der Waals surface area contributed by atoms with Crippen LogP contribution in [0.15, 0.2) is 36.5 Å². The molecule has 0 aliphatic carbocycles. The highest BCUT2D eigenvalue weighted by Gasteiger charge is 2.17. The maximum absolute atomic E-state index is 13.1. The number of para-hydroxylation sites is 1. The van der Waals surface area contributed by atoms with E-state index in [2.05, 4.69) is 15.3 Å². The topological polar surface area (TPSA) is 80.9 Å². The van der Waals surface area contributed by atoms with Crippen molar-refractivity contribution in [3.05, 3.63) is 47.9 Å². The summed E-state index contributed by atoms with van der Waals surface area (Å²) in [4.78, 5) is 14.9. The Bertz CT molecular complexity index is 784. The summed E-state index contributed by atoms with van der Waals surface area (Å²) in [5.74, 6) is -1.96. The SMILES string of the molecule is O=C(O)c1cc(F)cnc1-n1nnc2ccccc21. The molecule has 0 saturated carbocycles. The van der Waals surface area contributed by atoms with Gasteiger partial charge in [0.1, 0.15) is 16.9 Å². The largest absolute Gasteiger partial charge is 0.478 e. The number of aromatic nitrogens is 4. The summed E-state index contributed by atoms with van der Waals surface area (Å²) in [5, 5.41) is 16.9. The number of fused-ring (bicyclic) bond motifs is 1. The molecule has 1 aromatic carbocycles. The number of halogens is 1. The van der Waals surface area contributed by atoms with E-state index in [9.17, 15) is 9.18 Å². The molecule has 7 heteroatoms. The number of aromatic carboxylic acids is 1. The molecular formula is C12H7FN4O2. The van der Waals surface area contributed by atoms with Gasteiger partial charge in [-0.05, 0) is 18.2 Å². The molecule has 3 rings (SSSR count). The fourth-order valence-corrected chi connectivity index (χ4v) is 1.78. The molecule has 1 N–H and O–H groups in total. The second-order valence-corrected chi connectivity index (χ2v) is 3.82. The van der Waals surface area contributed by atoms with Crippen LogP contribution in [0.4, 0.5) is 4.39 Å². The van der Waals surface area contributed by atoms with E-state index in [0.717, 1.165) is 12.3 Å². The molecule has 0 saturated heterocycles. The minimum Gasteiger partial charge on any atom is -0.478 e. The molecule has 2 heterocycles. The van der Waals surface area contributed by atoms with Gasteiger partial charge >= 0.3 is 5.97 Å². The third-order valence-corrected chi connectivity index (χ3v) is 2.62. The summed E-state index contributed by atoms with van der Waals surface area (Å²) in [5.41, 5.74) is 0.935. The Labute approximate surface area is 106 Å². The number of rotatable bonds is 2. The third kappa shape index (κ3) is 1.81. The van der Waals surface area contributed by atoms with Crippen LogP contribution in [0.2, 0.25) is 0 Å². The van der Waals surface area contributed by atoms with Gasteiger partial charge in [0.2, 0.25) is 0 Å². The average Bonchev–Trinajstić information content (AvgIpc) is 2.82. The molecule has 0 fully saturated rings. The number of pyridine rings is 1. The minimum absolute atomic E-state index is 0.0302. The lowest BCUT2D eigenvalue weighted by Crippen LogP contribution is -2.09. The highest BCUT2D eigenvalue weighted by Crippen LogP contribution is 2.18. The number of carbonyl (C=O) groups is 1. The van der Waals surface area contributed by atoms with Gasteiger partial charge < -0.3 is 5.11 Å². The molecule has 0 aliphatic rings. The predicted octanol–water partition coefficient (Wildman–Crippen LogP) is 1.65. The normalized spacial score (nSPS) is 10.8. The van der Waals surface area contributed by atoms with E-state index in [4.69, 9.17) is 5.11 Å². The average molecular weight is 258 g/mol. The van der Waals surface area contributed by atoms with Crippen LogP contribution in [-0.2, 0) is 0 Å². The zero-order valence-corrected chi connectivity index (χ0v) is 9.49. The van der Waals surface area contributed by atoms with Crippen LogP contribution in [0.3, 0.4) is 0 Å². The molecule has 0 unspecified atom stereocenters. The summed E-state index contributed by atoms with van der Waals surface area (Å²) in [6, 6.07) is 7.93. The van der Waals surface area contributed by atoms with Crippen molar-refractivity contribution in [2.75, 3.05) is 0 Å². The lowest BCUT2D eigenvalue weighted by atomic mass is 10.2. The molecule has 0 aliphatic heterocycles. The first-order valence-electron chi connectivity index (χ1n) is 5.36. The lowest BCUT2D eigenvalue weighted by molar-refractivity contribution is 0.0695. The molecule has 6 nitrogen and oxygen atoms in total. The van der Waals surface area contributed by atoms with Gasteiger partial charge in [0.25, 0.3) is 0 Å². The van der Waals surface area contributed by atoms with Crippen LogP contribution >= 0.6 is 0 Å². The Balaban J connectivity index is 2.30. The number of carboxylic acids is 1. The van der Waals surface area contributed by atoms with Gasteiger partial charge in [0, 0.05) is 0 Å². The Morgan fingerprint density at radius 3 is 2.89 bits per heavy atom. The Morgan fingerprint density at radius 2 is 2.11 bits per heavy atom. The van der Waals surface area contributed by atoms with Crippen molar-refractivity contribution in [1.29, 1.82) is 0 Å². The molecule has 0 spiro atoms. The molecule has 0 bridgehead atoms. The zero-order valence-electron chi connectivity index (χ0n) is 9.49. The molecule has 0 radical (unpaired) electrons. The van der Waals surface area contributed by atoms with Crippen molar-refractivity contribution < 1.29 is 14.3 Å². The van der Waals surface area contributed by atoms with Gasteiger partial charge in [-0.3, -0.25) is 0 Å². The van der Waals surface area contributed by atoms with Gasteiger partial charge in [0.05, 0.1) is 11.7 Å². The van der Waals surface area contributed by atoms with Crippen LogP contribution in [0.25, 0.3) is 16.9 Å². The predicted molar refractivity (Wildman–Crippen MR) is 63.6 cm³/mol. The van der Waals surface area contributed by atoms with Crippen molar-refractivity contribution in [2.45, 2.75) is 0 Å². The zero-order chi connectivity index (χ0) is 13.4. The number of hydrogen-bond donors (Lipinski definition) is 1. The van der Waals surface area contributed by atoms with Crippen molar-refractivity contribution >= 4 is 17.0 Å². The first-order chi connectivity index (χ1) is 9.16. The molecular weight excluding hydrogens is 251 g/mol. The number of nitrogens with zero attached hydrogens (tertiary/aromatic N) is 4. The molecule has 94 valence electrons. The van der Waals surface area contributed by atoms with Crippen LogP contribution in [-0.4, -0.2) is 31.1 Å². The van der Waals surface area contributed by atoms with Crippen molar-refractivity contribution in [2.24, 2.45) is 0 Å². The molecule has 3 aromatic rings. The van der Waals surface area contributed by atoms with Crippen molar-refractivity contribution in [1.82, 2.24) is 20.0 Å². The number of hydrogen-bond acceptors (Lipinski definition) is 4. The summed E-state index contributed by atoms with van der Waals surface area (Å²) in [6.07, 6.45) is 0.943. The maximum atomic E-state index is 13.1. The lowest BCUT2D eigenvalue weighted by Gasteiger charge is -2.05. The molecule has 19 heavy (non-hydrogen) atoms. The second-order valence-electron chi connectivity index (χ2n) is 3.82. The van der Waals surface area contributed by atoms with Crippen molar-refractivity contribution in [3.63, 3.8) is 0 Å². The van der Waals surface area contributed by atoms with Gasteiger partial charge in [-0.2, -0.15) is 4.68 Å². The standard InChI is InChI=1S/C12H7FN4O2/c13-7-5-8(12(18)19)11(14-6-7)17-10-4-2-1-3-9(10)15-16-17/h1-6H,(H,18,19). The van der Waals surface area contributed by atoms with Gasteiger partial charge in [0.15, 0.2) is 5.82 Å². The molecule has 2 aromatic heterocycles. The van der Waals surface area contributed by atoms with E-state index in [0.29, 0.717) is 11.0 Å². The van der Waals surface area contributed by atoms with Crippen molar-refractivity contribution in [3.8, 4) is 5.82 Å². The Morgan fingerprint density at radius 1 is 1.32 bits per heavy atom. The van der Waals surface area contributed by atoms with E-state index < -0.39 is 11.8 Å². The second kappa shape index (κ2) is 4.13. The van der Waals surface area contributed by atoms with Gasteiger partial charge in [-0.25, -0.2) is 14.2 Å². The fourth-order valence-electron chi connectivity index (χ4n) is 1.78. The van der Waals surface area contributed by atoms with Gasteiger partial charge in [-0.1, -0.05) is 17.3 Å². The first kappa shape index (κ1) is 11.3. The Hall–Kier alpha value is -2.83. The minimum atomic E-state index is -1.28. The van der Waals surface area contributed by atoms with Crippen LogP contribution < -0.4 is 0 Å². The summed E-state index contributed by atoms with van der Waals surface area (Å²) in [7, 11) is 0. The van der Waals surface area contributed by atoms with E-state index in [1.54, 1.807) is 24.3 Å². The highest BCUT2D eigenvalue weighted by atomic mass is 19.1. The van der Waals surface area contributed by atoms with E-state index in [1.165, 1.54) is 4.68 Å². The summed E-state index contributed by atoms with van der Waals surface area (Å²) < 4.78 is 14.4. The third-order valence-electron chi connectivity index (χ3n) is 2.62. The number of benzene rings is 1. The van der Waals surface area contributed by atoms with E-state index in [1.807, 2.05) is 0 Å². The summed E-state index contributed by atoms with van der Waals surface area (Å²) in [6.45, 7) is 0. The number of carboxylic acid groups (broad SMARTS) is 1. The fraction of sp³-hybridized carbons (Fsp3) is 0. The van der Waals surface area contributed by atoms with Crippen LogP contribution in [0, 0.1) is 5.82 Å². The summed E-state index contributed by atoms with van der Waals surface area (Å²) >= 11 is 0. The molecule has 0 atom stereocenters.